The van der Waals surface area contributed by atoms with Crippen molar-refractivity contribution in [2.45, 2.75) is 32.1 Å². The average Bonchev–Trinajstić information content (AvgIpc) is 3.33. The molecule has 0 amide bonds. The fraction of sp³-hybridized carbons (Fsp3) is 0.259. The van der Waals surface area contributed by atoms with Gasteiger partial charge in [-0.2, -0.15) is 0 Å². The number of fused-ring (bicyclic) bond motifs is 3. The number of rotatable bonds is 3. The molecule has 2 heteroatoms. The Kier molecular flexibility index (Phi) is 5.19. The molecule has 2 aliphatic carbocycles. The summed E-state index contributed by atoms with van der Waals surface area (Å²) in [6, 6.07) is 23.7. The lowest BCUT2D eigenvalue weighted by atomic mass is 9.72. The number of ether oxygens (including phenoxy) is 2. The van der Waals surface area contributed by atoms with E-state index in [0.717, 1.165) is 24.3 Å². The first-order valence-electron chi connectivity index (χ1n) is 10.4. The second-order valence-corrected chi connectivity index (χ2v) is 7.45. The lowest BCUT2D eigenvalue weighted by Gasteiger charge is -2.30. The van der Waals surface area contributed by atoms with Crippen LogP contribution in [0.3, 0.4) is 0 Å². The first-order valence-corrected chi connectivity index (χ1v) is 10.4. The summed E-state index contributed by atoms with van der Waals surface area (Å²) in [5.74, 6) is 1.82. The normalized spacial score (nSPS) is 15.1. The van der Waals surface area contributed by atoms with E-state index in [1.165, 1.54) is 33.4 Å². The topological polar surface area (TPSA) is 18.5 Å². The molecule has 0 fully saturated rings. The number of hydrogen-bond acceptors (Lipinski definition) is 2. The van der Waals surface area contributed by atoms with Gasteiger partial charge < -0.3 is 9.47 Å². The maximum atomic E-state index is 5.55. The molecule has 0 unspecified atom stereocenters. The van der Waals surface area contributed by atoms with Crippen molar-refractivity contribution in [2.75, 3.05) is 14.2 Å². The van der Waals surface area contributed by atoms with Gasteiger partial charge in [-0.25, -0.2) is 0 Å². The number of methoxy groups -OCH3 is 2. The fourth-order valence-corrected chi connectivity index (χ4v) is 4.79. The Morgan fingerprint density at radius 3 is 2.03 bits per heavy atom. The molecule has 0 atom stereocenters. The highest BCUT2D eigenvalue weighted by Crippen LogP contribution is 2.55. The maximum Gasteiger partial charge on any atom is 0.119 e. The van der Waals surface area contributed by atoms with Crippen LogP contribution in [-0.2, 0) is 18.3 Å². The van der Waals surface area contributed by atoms with Crippen LogP contribution in [0.1, 0.15) is 41.7 Å². The molecule has 0 bridgehead atoms. The Bertz CT molecular complexity index is 1040. The first-order chi connectivity index (χ1) is 14.2. The van der Waals surface area contributed by atoms with E-state index in [9.17, 15) is 0 Å². The third-order valence-corrected chi connectivity index (χ3v) is 6.08. The third kappa shape index (κ3) is 3.13. The predicted octanol–water partition coefficient (Wildman–Crippen LogP) is 6.32. The van der Waals surface area contributed by atoms with Crippen molar-refractivity contribution in [1.82, 2.24) is 0 Å². The van der Waals surface area contributed by atoms with Crippen molar-refractivity contribution >= 4 is 11.6 Å². The van der Waals surface area contributed by atoms with Gasteiger partial charge in [-0.3, -0.25) is 0 Å². The zero-order valence-electron chi connectivity index (χ0n) is 17.7. The van der Waals surface area contributed by atoms with E-state index >= 15 is 0 Å². The van der Waals surface area contributed by atoms with Gasteiger partial charge in [0.1, 0.15) is 11.5 Å². The van der Waals surface area contributed by atoms with Crippen LogP contribution in [-0.4, -0.2) is 14.2 Å². The van der Waals surface area contributed by atoms with Crippen molar-refractivity contribution < 1.29 is 9.47 Å². The summed E-state index contributed by atoms with van der Waals surface area (Å²) in [7, 11) is 3.46. The van der Waals surface area contributed by atoms with Gasteiger partial charge in [-0.1, -0.05) is 56.3 Å². The second-order valence-electron chi connectivity index (χ2n) is 7.45. The summed E-state index contributed by atoms with van der Waals surface area (Å²) in [6.07, 6.45) is 4.40. The van der Waals surface area contributed by atoms with E-state index in [1.54, 1.807) is 14.2 Å². The van der Waals surface area contributed by atoms with Gasteiger partial charge in [0, 0.05) is 5.41 Å². The highest BCUT2D eigenvalue weighted by Gasteiger charge is 2.46. The summed E-state index contributed by atoms with van der Waals surface area (Å²) in [6.45, 7) is 4.00. The van der Waals surface area contributed by atoms with Gasteiger partial charge >= 0.3 is 0 Å². The van der Waals surface area contributed by atoms with E-state index < -0.39 is 0 Å². The van der Waals surface area contributed by atoms with Gasteiger partial charge in [0.25, 0.3) is 0 Å². The molecule has 1 spiro atoms. The van der Waals surface area contributed by atoms with E-state index in [-0.39, 0.29) is 5.41 Å². The molecule has 29 heavy (non-hydrogen) atoms. The second kappa shape index (κ2) is 7.79. The van der Waals surface area contributed by atoms with Gasteiger partial charge in [0.2, 0.25) is 0 Å². The Morgan fingerprint density at radius 2 is 1.38 bits per heavy atom. The highest BCUT2D eigenvalue weighted by molar-refractivity contribution is 5.96. The summed E-state index contributed by atoms with van der Waals surface area (Å²) in [4.78, 5) is 0. The average molecular weight is 385 g/mol. The van der Waals surface area contributed by atoms with Gasteiger partial charge in [-0.05, 0) is 76.6 Å². The molecule has 5 rings (SSSR count). The molecular formula is C27H28O2. The summed E-state index contributed by atoms with van der Waals surface area (Å²) in [5.41, 5.74) is 8.12. The van der Waals surface area contributed by atoms with Gasteiger partial charge in [-0.15, -0.1) is 0 Å². The molecular weight excluding hydrogens is 356 g/mol. The smallest absolute Gasteiger partial charge is 0.119 e. The molecule has 2 aliphatic rings. The molecule has 0 aliphatic heterocycles. The zero-order chi connectivity index (χ0) is 20.4. The maximum absolute atomic E-state index is 5.55. The van der Waals surface area contributed by atoms with E-state index in [1.807, 2.05) is 19.9 Å². The quantitative estimate of drug-likeness (QED) is 0.526. The highest BCUT2D eigenvalue weighted by atomic mass is 16.5. The Labute approximate surface area is 173 Å². The van der Waals surface area contributed by atoms with E-state index in [0.29, 0.717) is 0 Å². The first kappa shape index (κ1) is 19.3. The lowest BCUT2D eigenvalue weighted by molar-refractivity contribution is 0.413. The van der Waals surface area contributed by atoms with Crippen LogP contribution in [0, 0.1) is 0 Å². The molecule has 148 valence electrons. The van der Waals surface area contributed by atoms with Crippen LogP contribution in [0.2, 0.25) is 0 Å². The molecule has 0 aromatic heterocycles. The largest absolute Gasteiger partial charge is 0.497 e. The van der Waals surface area contributed by atoms with Crippen LogP contribution >= 0.6 is 0 Å². The van der Waals surface area contributed by atoms with Crippen molar-refractivity contribution in [1.29, 1.82) is 0 Å². The van der Waals surface area contributed by atoms with E-state index in [2.05, 4.69) is 66.7 Å². The molecule has 2 nitrogen and oxygen atoms in total. The van der Waals surface area contributed by atoms with Crippen molar-refractivity contribution in [3.05, 3.63) is 94.5 Å². The third-order valence-electron chi connectivity index (χ3n) is 6.08. The molecule has 0 heterocycles. The molecule has 3 aromatic carbocycles. The lowest BCUT2D eigenvalue weighted by Crippen LogP contribution is -2.26. The van der Waals surface area contributed by atoms with Crippen LogP contribution in [0.5, 0.6) is 11.5 Å². The zero-order valence-corrected chi connectivity index (χ0v) is 17.7. The van der Waals surface area contributed by atoms with Crippen LogP contribution < -0.4 is 9.47 Å². The Balaban J connectivity index is 0.000000994. The van der Waals surface area contributed by atoms with Crippen LogP contribution in [0.25, 0.3) is 11.6 Å². The molecule has 0 radical (unpaired) electrons. The SMILES string of the molecule is CC.COc1cccc(C2=Cc3ccc(OC)cc3C23Cc2ccccc2C3)c1. The summed E-state index contributed by atoms with van der Waals surface area (Å²) in [5, 5.41) is 0. The standard InChI is InChI=1S/C25H22O2.C2H6/c1-26-21-9-5-8-17(12-21)23-13-18-10-11-22(27-2)14-24(18)25(23)15-19-6-3-4-7-20(19)16-25;1-2/h3-14H,15-16H2,1-2H3;1-2H3. The van der Waals surface area contributed by atoms with E-state index in [4.69, 9.17) is 9.47 Å². The number of benzene rings is 3. The van der Waals surface area contributed by atoms with Gasteiger partial charge in [0.15, 0.2) is 0 Å². The fourth-order valence-electron chi connectivity index (χ4n) is 4.79. The minimum atomic E-state index is -0.0417. The number of allylic oxidation sites excluding steroid dienone is 1. The minimum Gasteiger partial charge on any atom is -0.497 e. The molecule has 0 saturated heterocycles. The Hall–Kier alpha value is -3.00. The molecule has 0 N–H and O–H groups in total. The monoisotopic (exact) mass is 384 g/mol. The predicted molar refractivity (Wildman–Crippen MR) is 121 cm³/mol. The molecule has 0 saturated carbocycles. The van der Waals surface area contributed by atoms with Crippen molar-refractivity contribution in [3.8, 4) is 11.5 Å². The summed E-state index contributed by atoms with van der Waals surface area (Å²) >= 11 is 0. The minimum absolute atomic E-state index is 0.0417. The van der Waals surface area contributed by atoms with Gasteiger partial charge in [0.05, 0.1) is 14.2 Å². The molecule has 3 aromatic rings. The van der Waals surface area contributed by atoms with Crippen LogP contribution in [0.4, 0.5) is 0 Å². The van der Waals surface area contributed by atoms with Crippen LogP contribution in [0.15, 0.2) is 66.7 Å². The van der Waals surface area contributed by atoms with Crippen molar-refractivity contribution in [3.63, 3.8) is 0 Å². The Morgan fingerprint density at radius 1 is 0.724 bits per heavy atom. The van der Waals surface area contributed by atoms with Crippen molar-refractivity contribution in [2.24, 2.45) is 0 Å². The summed E-state index contributed by atoms with van der Waals surface area (Å²) < 4.78 is 11.0. The number of hydrogen-bond donors (Lipinski definition) is 0.